The van der Waals surface area contributed by atoms with Gasteiger partial charge in [-0.2, -0.15) is 0 Å². The second-order valence-corrected chi connectivity index (χ2v) is 7.91. The number of halogens is 3. The first kappa shape index (κ1) is 18.5. The van der Waals surface area contributed by atoms with Crippen LogP contribution in [0.25, 0.3) is 0 Å². The van der Waals surface area contributed by atoms with E-state index in [0.717, 1.165) is 12.8 Å². The number of rotatable bonds is 2. The first-order chi connectivity index (χ1) is 10.7. The molecular formula is C16H21Cl3N2O2. The summed E-state index contributed by atoms with van der Waals surface area (Å²) in [5, 5.41) is 4.75. The second kappa shape index (κ2) is 7.37. The van der Waals surface area contributed by atoms with Crippen LogP contribution in [0.3, 0.4) is 0 Å². The highest BCUT2D eigenvalue weighted by atomic mass is 35.5. The lowest BCUT2D eigenvalue weighted by molar-refractivity contribution is 0.0206. The predicted molar refractivity (Wildman–Crippen MR) is 95.9 cm³/mol. The van der Waals surface area contributed by atoms with Gasteiger partial charge in [-0.3, -0.25) is 0 Å². The van der Waals surface area contributed by atoms with E-state index in [4.69, 9.17) is 39.5 Å². The largest absolute Gasteiger partial charge is 0.444 e. The van der Waals surface area contributed by atoms with Crippen molar-refractivity contribution in [2.45, 2.75) is 45.3 Å². The van der Waals surface area contributed by atoms with E-state index in [1.54, 1.807) is 17.0 Å². The van der Waals surface area contributed by atoms with Crippen LogP contribution >= 0.6 is 34.8 Å². The van der Waals surface area contributed by atoms with E-state index in [1.165, 1.54) is 0 Å². The minimum atomic E-state index is -0.500. The molecule has 0 radical (unpaired) electrons. The first-order valence-corrected chi connectivity index (χ1v) is 8.68. The molecule has 0 bridgehead atoms. The van der Waals surface area contributed by atoms with Gasteiger partial charge in [-0.05, 0) is 45.7 Å². The van der Waals surface area contributed by atoms with Crippen LogP contribution in [0.1, 0.15) is 33.6 Å². The maximum Gasteiger partial charge on any atom is 0.410 e. The van der Waals surface area contributed by atoms with Gasteiger partial charge in [0.05, 0.1) is 15.7 Å². The Morgan fingerprint density at radius 3 is 2.43 bits per heavy atom. The van der Waals surface area contributed by atoms with Crippen molar-refractivity contribution in [3.63, 3.8) is 0 Å². The molecule has 0 spiro atoms. The summed E-state index contributed by atoms with van der Waals surface area (Å²) in [4.78, 5) is 13.9. The lowest BCUT2D eigenvalue weighted by Crippen LogP contribution is -2.47. The molecule has 1 aromatic carbocycles. The molecule has 0 aliphatic carbocycles. The smallest absolute Gasteiger partial charge is 0.410 e. The van der Waals surface area contributed by atoms with Crippen molar-refractivity contribution in [1.82, 2.24) is 4.90 Å². The maximum absolute atomic E-state index is 12.2. The fraction of sp³-hybridized carbons (Fsp3) is 0.562. The minimum Gasteiger partial charge on any atom is -0.444 e. The van der Waals surface area contributed by atoms with Gasteiger partial charge in [0.2, 0.25) is 0 Å². The summed E-state index contributed by atoms with van der Waals surface area (Å²) in [6, 6.07) is 3.35. The molecule has 1 amide bonds. The molecule has 1 saturated heterocycles. The Morgan fingerprint density at radius 1 is 1.26 bits per heavy atom. The summed E-state index contributed by atoms with van der Waals surface area (Å²) in [6.07, 6.45) is 1.52. The minimum absolute atomic E-state index is 0.0624. The van der Waals surface area contributed by atoms with Crippen LogP contribution in [0.5, 0.6) is 0 Å². The molecule has 128 valence electrons. The van der Waals surface area contributed by atoms with Crippen LogP contribution in [0.15, 0.2) is 12.1 Å². The molecule has 1 heterocycles. The SMILES string of the molecule is CC(C)(C)OC(=O)N1CCCC(Nc2c(Cl)cc(Cl)cc2Cl)C1. The predicted octanol–water partition coefficient (Wildman–Crippen LogP) is 5.46. The van der Waals surface area contributed by atoms with Gasteiger partial charge in [0.25, 0.3) is 0 Å². The molecule has 1 unspecified atom stereocenters. The summed E-state index contributed by atoms with van der Waals surface area (Å²) in [7, 11) is 0. The van der Waals surface area contributed by atoms with Crippen molar-refractivity contribution in [3.05, 3.63) is 27.2 Å². The third-order valence-electron chi connectivity index (χ3n) is 3.43. The number of carbonyl (C=O) groups excluding carboxylic acids is 1. The Morgan fingerprint density at radius 2 is 1.87 bits per heavy atom. The zero-order valence-electron chi connectivity index (χ0n) is 13.5. The van der Waals surface area contributed by atoms with Gasteiger partial charge >= 0.3 is 6.09 Å². The number of ether oxygens (including phenoxy) is 1. The van der Waals surface area contributed by atoms with Crippen molar-refractivity contribution < 1.29 is 9.53 Å². The number of anilines is 1. The topological polar surface area (TPSA) is 41.6 Å². The number of hydrogen-bond donors (Lipinski definition) is 1. The van der Waals surface area contributed by atoms with Gasteiger partial charge in [-0.25, -0.2) is 4.79 Å². The van der Waals surface area contributed by atoms with E-state index < -0.39 is 5.60 Å². The average Bonchev–Trinajstić information content (AvgIpc) is 2.41. The molecule has 1 atom stereocenters. The molecule has 1 aliphatic rings. The first-order valence-electron chi connectivity index (χ1n) is 7.55. The summed E-state index contributed by atoms with van der Waals surface area (Å²) in [5.74, 6) is 0. The molecule has 0 saturated carbocycles. The number of hydrogen-bond acceptors (Lipinski definition) is 3. The fourth-order valence-corrected chi connectivity index (χ4v) is 3.40. The Labute approximate surface area is 152 Å². The van der Waals surface area contributed by atoms with Crippen molar-refractivity contribution in [2.75, 3.05) is 18.4 Å². The van der Waals surface area contributed by atoms with Crippen LogP contribution < -0.4 is 5.32 Å². The fourth-order valence-electron chi connectivity index (χ4n) is 2.47. The van der Waals surface area contributed by atoms with Crippen LogP contribution in [0.2, 0.25) is 15.1 Å². The lowest BCUT2D eigenvalue weighted by Gasteiger charge is -2.35. The molecule has 1 aliphatic heterocycles. The van der Waals surface area contributed by atoms with E-state index in [9.17, 15) is 4.79 Å². The van der Waals surface area contributed by atoms with Gasteiger partial charge in [0, 0.05) is 24.2 Å². The summed E-state index contributed by atoms with van der Waals surface area (Å²) < 4.78 is 5.43. The monoisotopic (exact) mass is 378 g/mol. The van der Waals surface area contributed by atoms with Crippen molar-refractivity contribution in [1.29, 1.82) is 0 Å². The number of nitrogens with one attached hydrogen (secondary N) is 1. The molecule has 23 heavy (non-hydrogen) atoms. The molecular weight excluding hydrogens is 359 g/mol. The number of benzene rings is 1. The normalized spacial score (nSPS) is 18.7. The highest BCUT2D eigenvalue weighted by Crippen LogP contribution is 2.34. The number of amides is 1. The van der Waals surface area contributed by atoms with Gasteiger partial charge in [-0.15, -0.1) is 0 Å². The second-order valence-electron chi connectivity index (χ2n) is 6.65. The van der Waals surface area contributed by atoms with E-state index in [0.29, 0.717) is 33.8 Å². The molecule has 1 aromatic rings. The number of nitrogens with zero attached hydrogens (tertiary/aromatic N) is 1. The highest BCUT2D eigenvalue weighted by molar-refractivity contribution is 6.41. The van der Waals surface area contributed by atoms with E-state index >= 15 is 0 Å². The van der Waals surface area contributed by atoms with Crippen LogP contribution in [-0.4, -0.2) is 35.7 Å². The van der Waals surface area contributed by atoms with Gasteiger partial charge < -0.3 is 15.0 Å². The Balaban J connectivity index is 2.03. The number of likely N-dealkylation sites (tertiary alicyclic amines) is 1. The summed E-state index contributed by atoms with van der Waals surface area (Å²) >= 11 is 18.3. The van der Waals surface area contributed by atoms with Crippen molar-refractivity contribution >= 4 is 46.6 Å². The van der Waals surface area contributed by atoms with Gasteiger partial charge in [0.1, 0.15) is 5.60 Å². The molecule has 7 heteroatoms. The van der Waals surface area contributed by atoms with Gasteiger partial charge in [0.15, 0.2) is 0 Å². The standard InChI is InChI=1S/C16H21Cl3N2O2/c1-16(2,3)23-15(22)21-6-4-5-11(9-21)20-14-12(18)7-10(17)8-13(14)19/h7-8,11,20H,4-6,9H2,1-3H3. The summed E-state index contributed by atoms with van der Waals surface area (Å²) in [5.41, 5.74) is 0.147. The van der Waals surface area contributed by atoms with Crippen LogP contribution in [0.4, 0.5) is 10.5 Å². The van der Waals surface area contributed by atoms with E-state index in [2.05, 4.69) is 5.32 Å². The van der Waals surface area contributed by atoms with Crippen molar-refractivity contribution in [2.24, 2.45) is 0 Å². The number of carbonyl (C=O) groups is 1. The third kappa shape index (κ3) is 5.33. The molecule has 1 N–H and O–H groups in total. The van der Waals surface area contributed by atoms with Crippen LogP contribution in [-0.2, 0) is 4.74 Å². The molecule has 1 fully saturated rings. The van der Waals surface area contributed by atoms with Crippen molar-refractivity contribution in [3.8, 4) is 0 Å². The molecule has 0 aromatic heterocycles. The third-order valence-corrected chi connectivity index (χ3v) is 4.24. The van der Waals surface area contributed by atoms with E-state index in [1.807, 2.05) is 20.8 Å². The quantitative estimate of drug-likeness (QED) is 0.742. The average molecular weight is 380 g/mol. The zero-order chi connectivity index (χ0) is 17.2. The Hall–Kier alpha value is -0.840. The zero-order valence-corrected chi connectivity index (χ0v) is 15.7. The van der Waals surface area contributed by atoms with Crippen LogP contribution in [0, 0.1) is 0 Å². The number of piperidine rings is 1. The Bertz CT molecular complexity index is 564. The van der Waals surface area contributed by atoms with E-state index in [-0.39, 0.29) is 12.1 Å². The lowest BCUT2D eigenvalue weighted by atomic mass is 10.1. The molecule has 2 rings (SSSR count). The summed E-state index contributed by atoms with van der Waals surface area (Å²) in [6.45, 7) is 6.81. The maximum atomic E-state index is 12.2. The van der Waals surface area contributed by atoms with Gasteiger partial charge in [-0.1, -0.05) is 34.8 Å². The molecule has 4 nitrogen and oxygen atoms in total. The highest BCUT2D eigenvalue weighted by Gasteiger charge is 2.28. The Kier molecular flexibility index (Phi) is 5.93.